The number of fused-ring (bicyclic) bond motifs is 1. The van der Waals surface area contributed by atoms with Crippen molar-refractivity contribution in [1.82, 2.24) is 15.0 Å². The molecular formula is C15H16N4. The van der Waals surface area contributed by atoms with Crippen molar-refractivity contribution < 1.29 is 0 Å². The van der Waals surface area contributed by atoms with Crippen molar-refractivity contribution in [2.24, 2.45) is 0 Å². The van der Waals surface area contributed by atoms with Crippen LogP contribution in [-0.4, -0.2) is 15.0 Å². The number of nitrogens with one attached hydrogen (secondary N) is 2. The van der Waals surface area contributed by atoms with Gasteiger partial charge in [0.05, 0.1) is 0 Å². The van der Waals surface area contributed by atoms with Crippen LogP contribution in [0, 0.1) is 6.92 Å². The number of hydrogen-bond acceptors (Lipinski definition) is 3. The van der Waals surface area contributed by atoms with Crippen LogP contribution in [0.25, 0.3) is 10.9 Å². The maximum Gasteiger partial charge on any atom is 0.134 e. The van der Waals surface area contributed by atoms with Gasteiger partial charge in [0.2, 0.25) is 0 Å². The summed E-state index contributed by atoms with van der Waals surface area (Å²) in [6.07, 6.45) is 2.85. The third-order valence-electron chi connectivity index (χ3n) is 3.08. The lowest BCUT2D eigenvalue weighted by Crippen LogP contribution is -2.00. The second kappa shape index (κ2) is 4.72. The largest absolute Gasteiger partial charge is 0.361 e. The van der Waals surface area contributed by atoms with Crippen LogP contribution >= 0.6 is 0 Å². The molecule has 0 radical (unpaired) electrons. The van der Waals surface area contributed by atoms with Crippen molar-refractivity contribution in [2.45, 2.75) is 20.3 Å². The number of nitrogens with zero attached hydrogens (tertiary/aromatic N) is 2. The third kappa shape index (κ3) is 2.42. The molecule has 0 fully saturated rings. The van der Waals surface area contributed by atoms with Crippen molar-refractivity contribution in [1.29, 1.82) is 0 Å². The van der Waals surface area contributed by atoms with Crippen LogP contribution in [0.5, 0.6) is 0 Å². The van der Waals surface area contributed by atoms with Crippen molar-refractivity contribution in [3.63, 3.8) is 0 Å². The van der Waals surface area contributed by atoms with Crippen molar-refractivity contribution in [2.75, 3.05) is 5.32 Å². The molecule has 0 saturated carbocycles. The SMILES string of the molecule is CCc1cc(Nc2ccc3[nH]ccc3c2)nc(C)n1. The first-order valence-corrected chi connectivity index (χ1v) is 6.43. The predicted molar refractivity (Wildman–Crippen MR) is 77.7 cm³/mol. The predicted octanol–water partition coefficient (Wildman–Crippen LogP) is 3.57. The standard InChI is InChI=1S/C15H16N4/c1-3-12-9-15(18-10(2)17-12)19-13-4-5-14-11(8-13)6-7-16-14/h4-9,16H,3H2,1-2H3,(H,17,18,19). The Kier molecular flexibility index (Phi) is 2.91. The van der Waals surface area contributed by atoms with Crippen LogP contribution in [0.15, 0.2) is 36.5 Å². The number of anilines is 2. The number of aromatic amines is 1. The molecule has 0 aliphatic heterocycles. The highest BCUT2D eigenvalue weighted by molar-refractivity contribution is 5.83. The molecule has 0 unspecified atom stereocenters. The number of aryl methyl sites for hydroxylation is 2. The molecule has 3 aromatic rings. The Labute approximate surface area is 111 Å². The normalized spacial score (nSPS) is 10.8. The summed E-state index contributed by atoms with van der Waals surface area (Å²) >= 11 is 0. The lowest BCUT2D eigenvalue weighted by molar-refractivity contribution is 0.953. The fourth-order valence-corrected chi connectivity index (χ4v) is 2.15. The van der Waals surface area contributed by atoms with Gasteiger partial charge >= 0.3 is 0 Å². The quantitative estimate of drug-likeness (QED) is 0.749. The van der Waals surface area contributed by atoms with Gasteiger partial charge in [-0.1, -0.05) is 6.92 Å². The maximum absolute atomic E-state index is 4.41. The molecule has 2 N–H and O–H groups in total. The smallest absolute Gasteiger partial charge is 0.134 e. The second-order valence-electron chi connectivity index (χ2n) is 4.55. The Hall–Kier alpha value is -2.36. The molecule has 0 atom stereocenters. The summed E-state index contributed by atoms with van der Waals surface area (Å²) in [4.78, 5) is 12.0. The molecule has 0 amide bonds. The molecule has 2 aromatic heterocycles. The fraction of sp³-hybridized carbons (Fsp3) is 0.200. The van der Waals surface area contributed by atoms with E-state index >= 15 is 0 Å². The van der Waals surface area contributed by atoms with Gasteiger partial charge in [-0.25, -0.2) is 9.97 Å². The van der Waals surface area contributed by atoms with E-state index in [1.54, 1.807) is 0 Å². The van der Waals surface area contributed by atoms with Crippen molar-refractivity contribution in [3.05, 3.63) is 48.0 Å². The van der Waals surface area contributed by atoms with E-state index in [0.29, 0.717) is 0 Å². The molecule has 96 valence electrons. The average Bonchev–Trinajstić information content (AvgIpc) is 2.85. The van der Waals surface area contributed by atoms with Gasteiger partial charge < -0.3 is 10.3 Å². The van der Waals surface area contributed by atoms with Gasteiger partial charge in [-0.2, -0.15) is 0 Å². The minimum absolute atomic E-state index is 0.796. The highest BCUT2D eigenvalue weighted by Gasteiger charge is 2.02. The minimum atomic E-state index is 0.796. The van der Waals surface area contributed by atoms with E-state index < -0.39 is 0 Å². The van der Waals surface area contributed by atoms with E-state index in [1.807, 2.05) is 25.3 Å². The highest BCUT2D eigenvalue weighted by atomic mass is 15.0. The first-order chi connectivity index (χ1) is 9.24. The summed E-state index contributed by atoms with van der Waals surface area (Å²) in [5, 5.41) is 4.52. The maximum atomic E-state index is 4.41. The van der Waals surface area contributed by atoms with Crippen LogP contribution in [0.4, 0.5) is 11.5 Å². The fourth-order valence-electron chi connectivity index (χ4n) is 2.15. The van der Waals surface area contributed by atoms with Crippen LogP contribution in [0.2, 0.25) is 0 Å². The Morgan fingerprint density at radius 3 is 2.89 bits per heavy atom. The van der Waals surface area contributed by atoms with E-state index in [2.05, 4.69) is 45.4 Å². The van der Waals surface area contributed by atoms with Crippen LogP contribution in [0.1, 0.15) is 18.4 Å². The topological polar surface area (TPSA) is 53.6 Å². The number of aromatic nitrogens is 3. The summed E-state index contributed by atoms with van der Waals surface area (Å²) in [6.45, 7) is 4.01. The van der Waals surface area contributed by atoms with Crippen LogP contribution in [0.3, 0.4) is 0 Å². The molecule has 1 aromatic carbocycles. The van der Waals surface area contributed by atoms with Crippen LogP contribution in [-0.2, 0) is 6.42 Å². The molecule has 0 aliphatic carbocycles. The Bertz CT molecular complexity index is 715. The Balaban J connectivity index is 1.93. The third-order valence-corrected chi connectivity index (χ3v) is 3.08. The zero-order valence-electron chi connectivity index (χ0n) is 11.1. The molecule has 0 bridgehead atoms. The first kappa shape index (κ1) is 11.7. The van der Waals surface area contributed by atoms with Crippen molar-refractivity contribution >= 4 is 22.4 Å². The van der Waals surface area contributed by atoms with Gasteiger partial charge in [0.15, 0.2) is 0 Å². The Morgan fingerprint density at radius 2 is 2.05 bits per heavy atom. The summed E-state index contributed by atoms with van der Waals surface area (Å²) in [7, 11) is 0. The van der Waals surface area contributed by atoms with Gasteiger partial charge in [0.25, 0.3) is 0 Å². The molecule has 19 heavy (non-hydrogen) atoms. The van der Waals surface area contributed by atoms with Gasteiger partial charge in [0, 0.05) is 34.5 Å². The highest BCUT2D eigenvalue weighted by Crippen LogP contribution is 2.21. The Morgan fingerprint density at radius 1 is 1.16 bits per heavy atom. The molecule has 4 heteroatoms. The monoisotopic (exact) mass is 252 g/mol. The van der Waals surface area contributed by atoms with E-state index in [4.69, 9.17) is 0 Å². The van der Waals surface area contributed by atoms with E-state index in [1.165, 1.54) is 5.39 Å². The summed E-state index contributed by atoms with van der Waals surface area (Å²) in [6, 6.07) is 10.3. The number of benzene rings is 1. The number of hydrogen-bond donors (Lipinski definition) is 2. The van der Waals surface area contributed by atoms with Gasteiger partial charge in [-0.05, 0) is 37.6 Å². The molecule has 4 nitrogen and oxygen atoms in total. The number of rotatable bonds is 3. The van der Waals surface area contributed by atoms with E-state index in [0.717, 1.165) is 35.0 Å². The number of H-pyrrole nitrogens is 1. The van der Waals surface area contributed by atoms with E-state index in [9.17, 15) is 0 Å². The lowest BCUT2D eigenvalue weighted by atomic mass is 10.2. The second-order valence-corrected chi connectivity index (χ2v) is 4.55. The lowest BCUT2D eigenvalue weighted by Gasteiger charge is -2.08. The van der Waals surface area contributed by atoms with Gasteiger partial charge in [-0.15, -0.1) is 0 Å². The van der Waals surface area contributed by atoms with Crippen LogP contribution < -0.4 is 5.32 Å². The van der Waals surface area contributed by atoms with Crippen molar-refractivity contribution in [3.8, 4) is 0 Å². The van der Waals surface area contributed by atoms with Gasteiger partial charge in [0.1, 0.15) is 11.6 Å². The molecule has 3 rings (SSSR count). The van der Waals surface area contributed by atoms with Gasteiger partial charge in [-0.3, -0.25) is 0 Å². The molecule has 0 saturated heterocycles. The molecule has 0 spiro atoms. The molecular weight excluding hydrogens is 236 g/mol. The molecule has 2 heterocycles. The summed E-state index contributed by atoms with van der Waals surface area (Å²) in [5.41, 5.74) is 3.23. The minimum Gasteiger partial charge on any atom is -0.361 e. The zero-order valence-corrected chi connectivity index (χ0v) is 11.1. The molecule has 0 aliphatic rings. The first-order valence-electron chi connectivity index (χ1n) is 6.43. The zero-order chi connectivity index (χ0) is 13.2. The average molecular weight is 252 g/mol. The van der Waals surface area contributed by atoms with E-state index in [-0.39, 0.29) is 0 Å². The summed E-state index contributed by atoms with van der Waals surface area (Å²) in [5.74, 6) is 1.64. The summed E-state index contributed by atoms with van der Waals surface area (Å²) < 4.78 is 0.